The molecule has 0 bridgehead atoms. The molecule has 5 nitrogen and oxygen atoms in total. The summed E-state index contributed by atoms with van der Waals surface area (Å²) < 4.78 is 27.7. The number of hydrogen-bond acceptors (Lipinski definition) is 5. The third kappa shape index (κ3) is 2.34. The van der Waals surface area contributed by atoms with Gasteiger partial charge in [0.05, 0.1) is 4.90 Å². The van der Waals surface area contributed by atoms with E-state index in [1.807, 2.05) is 19.9 Å². The largest absolute Gasteiger partial charge is 0.284 e. The molecule has 0 radical (unpaired) electrons. The molecular formula is C13H11N3O2S2. The molecule has 2 aromatic rings. The summed E-state index contributed by atoms with van der Waals surface area (Å²) in [6.45, 7) is 3.75. The van der Waals surface area contributed by atoms with E-state index in [0.29, 0.717) is 15.8 Å². The number of nitrogens with zero attached hydrogens (tertiary/aromatic N) is 3. The molecule has 0 spiro atoms. The molecule has 1 aliphatic rings. The predicted molar refractivity (Wildman–Crippen MR) is 77.5 cm³/mol. The lowest BCUT2D eigenvalue weighted by molar-refractivity contribution is 0.599. The van der Waals surface area contributed by atoms with Crippen LogP contribution in [0.5, 0.6) is 0 Å². The van der Waals surface area contributed by atoms with Crippen LogP contribution in [0.2, 0.25) is 0 Å². The van der Waals surface area contributed by atoms with Gasteiger partial charge in [0.1, 0.15) is 5.04 Å². The van der Waals surface area contributed by atoms with Gasteiger partial charge in [0, 0.05) is 17.0 Å². The average Bonchev–Trinajstić information content (AvgIpc) is 2.60. The minimum Gasteiger partial charge on any atom is -0.228 e. The highest BCUT2D eigenvalue weighted by molar-refractivity contribution is 8.15. The Labute approximate surface area is 121 Å². The molecule has 0 aliphatic carbocycles. The number of thioether (sulfide) groups is 1. The first-order valence-electron chi connectivity index (χ1n) is 5.90. The Balaban J connectivity index is 2.04. The first-order chi connectivity index (χ1) is 9.45. The standard InChI is InChI=1S/C13H11N3O2S2/c1-8-7-9(2)15-13(14-8)19-12-10-5-3-4-6-11(10)20(17,18)16-12/h3-7H,1-2H3. The van der Waals surface area contributed by atoms with Crippen molar-refractivity contribution in [2.24, 2.45) is 4.40 Å². The van der Waals surface area contributed by atoms with Crippen molar-refractivity contribution in [1.82, 2.24) is 9.97 Å². The van der Waals surface area contributed by atoms with Crippen LogP contribution in [0.3, 0.4) is 0 Å². The zero-order valence-electron chi connectivity index (χ0n) is 10.9. The van der Waals surface area contributed by atoms with Gasteiger partial charge in [-0.1, -0.05) is 18.2 Å². The van der Waals surface area contributed by atoms with Crippen molar-refractivity contribution in [3.63, 3.8) is 0 Å². The predicted octanol–water partition coefficient (Wildman–Crippen LogP) is 2.33. The van der Waals surface area contributed by atoms with Crippen molar-refractivity contribution in [2.45, 2.75) is 23.9 Å². The normalized spacial score (nSPS) is 15.8. The van der Waals surface area contributed by atoms with E-state index in [9.17, 15) is 8.42 Å². The van der Waals surface area contributed by atoms with Crippen molar-refractivity contribution in [2.75, 3.05) is 0 Å². The monoisotopic (exact) mass is 305 g/mol. The third-order valence-electron chi connectivity index (χ3n) is 2.75. The van der Waals surface area contributed by atoms with Crippen LogP contribution in [-0.2, 0) is 10.0 Å². The highest BCUT2D eigenvalue weighted by atomic mass is 32.2. The van der Waals surface area contributed by atoms with Crippen LogP contribution in [0.15, 0.2) is 44.8 Å². The second kappa shape index (κ2) is 4.68. The van der Waals surface area contributed by atoms with Gasteiger partial charge in [0.25, 0.3) is 10.0 Å². The Morgan fingerprint density at radius 1 is 1.05 bits per heavy atom. The van der Waals surface area contributed by atoms with E-state index >= 15 is 0 Å². The van der Waals surface area contributed by atoms with Crippen molar-refractivity contribution in [3.05, 3.63) is 47.3 Å². The molecule has 0 saturated carbocycles. The molecule has 0 atom stereocenters. The zero-order chi connectivity index (χ0) is 14.3. The van der Waals surface area contributed by atoms with E-state index in [1.165, 1.54) is 11.8 Å². The second-order valence-corrected chi connectivity index (χ2v) is 6.93. The number of hydrogen-bond donors (Lipinski definition) is 0. The number of aryl methyl sites for hydroxylation is 2. The molecule has 0 unspecified atom stereocenters. The number of fused-ring (bicyclic) bond motifs is 1. The number of aromatic nitrogens is 2. The molecular weight excluding hydrogens is 294 g/mol. The summed E-state index contributed by atoms with van der Waals surface area (Å²) in [5, 5.41) is 0.929. The molecule has 3 rings (SSSR count). The van der Waals surface area contributed by atoms with E-state index in [4.69, 9.17) is 0 Å². The molecule has 0 N–H and O–H groups in total. The Kier molecular flexibility index (Phi) is 3.10. The van der Waals surface area contributed by atoms with Gasteiger partial charge in [0.2, 0.25) is 0 Å². The van der Waals surface area contributed by atoms with Crippen LogP contribution in [0.4, 0.5) is 0 Å². The van der Waals surface area contributed by atoms with Gasteiger partial charge in [-0.2, -0.15) is 12.8 Å². The van der Waals surface area contributed by atoms with Crippen LogP contribution in [-0.4, -0.2) is 23.4 Å². The summed E-state index contributed by atoms with van der Waals surface area (Å²) in [5.74, 6) is 0. The number of sulfonamides is 1. The highest BCUT2D eigenvalue weighted by Gasteiger charge is 2.29. The minimum absolute atomic E-state index is 0.242. The van der Waals surface area contributed by atoms with Crippen molar-refractivity contribution in [1.29, 1.82) is 0 Å². The molecule has 20 heavy (non-hydrogen) atoms. The Morgan fingerprint density at radius 3 is 2.40 bits per heavy atom. The summed E-state index contributed by atoms with van der Waals surface area (Å²) in [6.07, 6.45) is 0. The maximum absolute atomic E-state index is 11.9. The molecule has 0 saturated heterocycles. The summed E-state index contributed by atoms with van der Waals surface area (Å²) in [7, 11) is -3.58. The van der Waals surface area contributed by atoms with Crippen LogP contribution in [0.25, 0.3) is 0 Å². The van der Waals surface area contributed by atoms with Crippen molar-refractivity contribution in [3.8, 4) is 0 Å². The van der Waals surface area contributed by atoms with Crippen LogP contribution >= 0.6 is 11.8 Å². The number of rotatable bonds is 1. The van der Waals surface area contributed by atoms with Gasteiger partial charge in [-0.05, 0) is 37.7 Å². The SMILES string of the molecule is Cc1cc(C)nc(SC2=NS(=O)(=O)c3ccccc32)n1. The fraction of sp³-hybridized carbons (Fsp3) is 0.154. The fourth-order valence-corrected chi connectivity index (χ4v) is 4.43. The maximum Gasteiger partial charge on any atom is 0.284 e. The molecule has 0 amide bonds. The summed E-state index contributed by atoms with van der Waals surface area (Å²) in [5.41, 5.74) is 2.30. The Bertz CT molecular complexity index is 809. The first kappa shape index (κ1) is 13.3. The van der Waals surface area contributed by atoms with Gasteiger partial charge in [0.15, 0.2) is 5.16 Å². The van der Waals surface area contributed by atoms with Crippen molar-refractivity contribution < 1.29 is 8.42 Å². The lowest BCUT2D eigenvalue weighted by Gasteiger charge is -2.03. The summed E-state index contributed by atoms with van der Waals surface area (Å²) >= 11 is 1.17. The zero-order valence-corrected chi connectivity index (χ0v) is 12.5. The third-order valence-corrected chi connectivity index (χ3v) is 5.07. The number of benzene rings is 1. The minimum atomic E-state index is -3.58. The lowest BCUT2D eigenvalue weighted by Crippen LogP contribution is -1.98. The Hall–Kier alpha value is -1.73. The molecule has 1 aliphatic heterocycles. The average molecular weight is 305 g/mol. The molecule has 1 aromatic carbocycles. The lowest BCUT2D eigenvalue weighted by atomic mass is 10.2. The van der Waals surface area contributed by atoms with Crippen LogP contribution in [0.1, 0.15) is 17.0 Å². The van der Waals surface area contributed by atoms with E-state index in [-0.39, 0.29) is 4.90 Å². The first-order valence-corrected chi connectivity index (χ1v) is 8.16. The second-order valence-electron chi connectivity index (χ2n) is 4.40. The summed E-state index contributed by atoms with van der Waals surface area (Å²) in [4.78, 5) is 8.83. The van der Waals surface area contributed by atoms with E-state index < -0.39 is 10.0 Å². The fourth-order valence-electron chi connectivity index (χ4n) is 1.98. The van der Waals surface area contributed by atoms with Crippen LogP contribution < -0.4 is 0 Å². The van der Waals surface area contributed by atoms with E-state index in [0.717, 1.165) is 11.4 Å². The topological polar surface area (TPSA) is 72.3 Å². The quantitative estimate of drug-likeness (QED) is 0.756. The molecule has 2 heterocycles. The van der Waals surface area contributed by atoms with Crippen LogP contribution in [0, 0.1) is 13.8 Å². The van der Waals surface area contributed by atoms with Gasteiger partial charge in [-0.25, -0.2) is 9.97 Å². The Morgan fingerprint density at radius 2 is 1.70 bits per heavy atom. The summed E-state index contributed by atoms with van der Waals surface area (Å²) in [6, 6.07) is 8.65. The van der Waals surface area contributed by atoms with Gasteiger partial charge in [-0.3, -0.25) is 0 Å². The van der Waals surface area contributed by atoms with E-state index in [1.54, 1.807) is 24.3 Å². The van der Waals surface area contributed by atoms with Gasteiger partial charge >= 0.3 is 0 Å². The maximum atomic E-state index is 11.9. The highest BCUT2D eigenvalue weighted by Crippen LogP contribution is 2.32. The molecule has 1 aromatic heterocycles. The van der Waals surface area contributed by atoms with Gasteiger partial charge in [-0.15, -0.1) is 0 Å². The van der Waals surface area contributed by atoms with Crippen molar-refractivity contribution >= 4 is 26.8 Å². The molecule has 102 valence electrons. The van der Waals surface area contributed by atoms with Gasteiger partial charge < -0.3 is 0 Å². The smallest absolute Gasteiger partial charge is 0.228 e. The molecule has 7 heteroatoms. The van der Waals surface area contributed by atoms with E-state index in [2.05, 4.69) is 14.4 Å². The molecule has 0 fully saturated rings.